The van der Waals surface area contributed by atoms with E-state index in [0.29, 0.717) is 12.5 Å². The lowest BCUT2D eigenvalue weighted by Gasteiger charge is -2.37. The van der Waals surface area contributed by atoms with E-state index in [-0.39, 0.29) is 0 Å². The van der Waals surface area contributed by atoms with Gasteiger partial charge in [-0.15, -0.1) is 0 Å². The molecule has 0 atom stereocenters. The Morgan fingerprint density at radius 3 is 2.57 bits per heavy atom. The molecule has 7 heteroatoms. The lowest BCUT2D eigenvalue weighted by atomic mass is 10.2. The van der Waals surface area contributed by atoms with Gasteiger partial charge in [-0.05, 0) is 36.8 Å². The van der Waals surface area contributed by atoms with Gasteiger partial charge in [0.05, 0.1) is 0 Å². The number of benzene rings is 1. The lowest BCUT2D eigenvalue weighted by Crippen LogP contribution is -2.46. The molecule has 3 aromatic rings. The van der Waals surface area contributed by atoms with Crippen LogP contribution in [0.1, 0.15) is 11.3 Å². The number of hydrogen-bond donors (Lipinski definition) is 1. The third-order valence-electron chi connectivity index (χ3n) is 4.79. The fraction of sp³-hybridized carbons (Fsp3) is 0.286. The van der Waals surface area contributed by atoms with Crippen molar-refractivity contribution < 1.29 is 0 Å². The van der Waals surface area contributed by atoms with Gasteiger partial charge in [0, 0.05) is 67.6 Å². The van der Waals surface area contributed by atoms with Gasteiger partial charge in [-0.25, -0.2) is 4.98 Å². The largest absolute Gasteiger partial charge is 0.368 e. The number of anilines is 3. The van der Waals surface area contributed by atoms with Gasteiger partial charge in [0.15, 0.2) is 0 Å². The number of nitrogens with one attached hydrogen (secondary N) is 1. The number of aromatic nitrogens is 3. The number of halogens is 1. The first-order chi connectivity index (χ1) is 13.7. The summed E-state index contributed by atoms with van der Waals surface area (Å²) in [6, 6.07) is 14.0. The van der Waals surface area contributed by atoms with Crippen LogP contribution >= 0.6 is 11.6 Å². The van der Waals surface area contributed by atoms with E-state index in [9.17, 15) is 0 Å². The summed E-state index contributed by atoms with van der Waals surface area (Å²) in [6.07, 6.45) is 3.62. The standard InChI is InChI=1S/C21H23ClN6/c1-16-12-20(26-21(25-16)24-15-17-4-3-7-23-14-17)28-10-8-27(9-11-28)19-6-2-5-18(22)13-19/h2-7,12-14H,8-11,15H2,1H3,(H,24,25,26). The van der Waals surface area contributed by atoms with Crippen molar-refractivity contribution >= 4 is 29.1 Å². The van der Waals surface area contributed by atoms with Crippen molar-refractivity contribution in [2.75, 3.05) is 41.3 Å². The molecule has 28 heavy (non-hydrogen) atoms. The predicted octanol–water partition coefficient (Wildman–Crippen LogP) is 3.77. The maximum atomic E-state index is 6.13. The van der Waals surface area contributed by atoms with Crippen LogP contribution in [0.15, 0.2) is 54.9 Å². The van der Waals surface area contributed by atoms with E-state index in [2.05, 4.69) is 31.2 Å². The summed E-state index contributed by atoms with van der Waals surface area (Å²) in [7, 11) is 0. The van der Waals surface area contributed by atoms with Crippen LogP contribution in [-0.2, 0) is 6.54 Å². The normalized spacial score (nSPS) is 14.2. The molecule has 0 spiro atoms. The summed E-state index contributed by atoms with van der Waals surface area (Å²) in [5.74, 6) is 1.61. The van der Waals surface area contributed by atoms with E-state index >= 15 is 0 Å². The molecule has 2 aromatic heterocycles. The zero-order valence-electron chi connectivity index (χ0n) is 15.8. The van der Waals surface area contributed by atoms with Crippen molar-refractivity contribution in [1.82, 2.24) is 15.0 Å². The maximum Gasteiger partial charge on any atom is 0.225 e. The van der Waals surface area contributed by atoms with Gasteiger partial charge in [-0.1, -0.05) is 23.7 Å². The third kappa shape index (κ3) is 4.51. The lowest BCUT2D eigenvalue weighted by molar-refractivity contribution is 0.646. The Morgan fingerprint density at radius 2 is 1.82 bits per heavy atom. The summed E-state index contributed by atoms with van der Waals surface area (Å²) in [4.78, 5) is 18.1. The Morgan fingerprint density at radius 1 is 1.00 bits per heavy atom. The molecule has 1 aliphatic heterocycles. The van der Waals surface area contributed by atoms with Gasteiger partial charge in [-0.2, -0.15) is 4.98 Å². The monoisotopic (exact) mass is 394 g/mol. The van der Waals surface area contributed by atoms with Gasteiger partial charge in [-0.3, -0.25) is 4.98 Å². The van der Waals surface area contributed by atoms with Crippen LogP contribution in [0.4, 0.5) is 17.5 Å². The van der Waals surface area contributed by atoms with Crippen LogP contribution in [0.25, 0.3) is 0 Å². The van der Waals surface area contributed by atoms with Crippen LogP contribution in [0.3, 0.4) is 0 Å². The van der Waals surface area contributed by atoms with Gasteiger partial charge in [0.25, 0.3) is 0 Å². The number of hydrogen-bond acceptors (Lipinski definition) is 6. The quantitative estimate of drug-likeness (QED) is 0.710. The molecule has 4 rings (SSSR count). The minimum atomic E-state index is 0.649. The second kappa shape index (κ2) is 8.44. The number of pyridine rings is 1. The molecule has 0 unspecified atom stereocenters. The number of piperazine rings is 1. The molecule has 1 fully saturated rings. The molecule has 1 aliphatic rings. The molecule has 1 N–H and O–H groups in total. The highest BCUT2D eigenvalue weighted by Crippen LogP contribution is 2.23. The first-order valence-corrected chi connectivity index (χ1v) is 9.79. The predicted molar refractivity (Wildman–Crippen MR) is 114 cm³/mol. The van der Waals surface area contributed by atoms with E-state index < -0.39 is 0 Å². The zero-order valence-corrected chi connectivity index (χ0v) is 16.6. The van der Waals surface area contributed by atoms with E-state index in [1.54, 1.807) is 6.20 Å². The van der Waals surface area contributed by atoms with E-state index in [4.69, 9.17) is 16.6 Å². The molecule has 0 amide bonds. The average molecular weight is 395 g/mol. The second-order valence-corrected chi connectivity index (χ2v) is 7.30. The summed E-state index contributed by atoms with van der Waals surface area (Å²) >= 11 is 6.13. The molecule has 1 aromatic carbocycles. The Labute approximate surface area is 170 Å². The highest BCUT2D eigenvalue weighted by Gasteiger charge is 2.19. The molecule has 3 heterocycles. The zero-order chi connectivity index (χ0) is 19.3. The number of nitrogens with zero attached hydrogens (tertiary/aromatic N) is 5. The molecular formula is C21H23ClN6. The maximum absolute atomic E-state index is 6.13. The summed E-state index contributed by atoms with van der Waals surface area (Å²) in [6.45, 7) is 6.33. The smallest absolute Gasteiger partial charge is 0.225 e. The van der Waals surface area contributed by atoms with Crippen molar-refractivity contribution in [2.24, 2.45) is 0 Å². The third-order valence-corrected chi connectivity index (χ3v) is 5.03. The van der Waals surface area contributed by atoms with Crippen molar-refractivity contribution in [3.63, 3.8) is 0 Å². The Kier molecular flexibility index (Phi) is 5.58. The van der Waals surface area contributed by atoms with Crippen molar-refractivity contribution in [2.45, 2.75) is 13.5 Å². The minimum absolute atomic E-state index is 0.649. The molecular weight excluding hydrogens is 372 g/mol. The van der Waals surface area contributed by atoms with E-state index in [1.165, 1.54) is 5.69 Å². The Hall–Kier alpha value is -2.86. The number of aryl methyl sites for hydroxylation is 1. The van der Waals surface area contributed by atoms with Crippen molar-refractivity contribution in [3.05, 3.63) is 71.1 Å². The van der Waals surface area contributed by atoms with Crippen molar-refractivity contribution in [1.29, 1.82) is 0 Å². The molecule has 144 valence electrons. The topological polar surface area (TPSA) is 57.2 Å². The van der Waals surface area contributed by atoms with Crippen LogP contribution < -0.4 is 15.1 Å². The van der Waals surface area contributed by atoms with Gasteiger partial charge >= 0.3 is 0 Å². The molecule has 6 nitrogen and oxygen atoms in total. The van der Waals surface area contributed by atoms with Crippen LogP contribution in [-0.4, -0.2) is 41.1 Å². The first-order valence-electron chi connectivity index (χ1n) is 9.41. The number of rotatable bonds is 5. The fourth-order valence-electron chi connectivity index (χ4n) is 3.34. The van der Waals surface area contributed by atoms with Gasteiger partial charge in [0.1, 0.15) is 5.82 Å². The average Bonchev–Trinajstić information content (AvgIpc) is 2.73. The van der Waals surface area contributed by atoms with Crippen molar-refractivity contribution in [3.8, 4) is 0 Å². The molecule has 0 saturated carbocycles. The van der Waals surface area contributed by atoms with Crippen LogP contribution in [0, 0.1) is 6.92 Å². The summed E-state index contributed by atoms with van der Waals surface area (Å²) < 4.78 is 0. The highest BCUT2D eigenvalue weighted by molar-refractivity contribution is 6.30. The second-order valence-electron chi connectivity index (χ2n) is 6.86. The van der Waals surface area contributed by atoms with E-state index in [0.717, 1.165) is 48.3 Å². The van der Waals surface area contributed by atoms with E-state index in [1.807, 2.05) is 49.5 Å². The van der Waals surface area contributed by atoms with Crippen LogP contribution in [0.2, 0.25) is 5.02 Å². The van der Waals surface area contributed by atoms with Gasteiger partial charge < -0.3 is 15.1 Å². The Bertz CT molecular complexity index is 925. The SMILES string of the molecule is Cc1cc(N2CCN(c3cccc(Cl)c3)CC2)nc(NCc2cccnc2)n1. The van der Waals surface area contributed by atoms with Gasteiger partial charge in [0.2, 0.25) is 5.95 Å². The summed E-state index contributed by atoms with van der Waals surface area (Å²) in [5.41, 5.74) is 3.23. The Balaban J connectivity index is 1.41. The fourth-order valence-corrected chi connectivity index (χ4v) is 3.53. The molecule has 1 saturated heterocycles. The molecule has 0 radical (unpaired) electrons. The first kappa shape index (κ1) is 18.5. The summed E-state index contributed by atoms with van der Waals surface area (Å²) in [5, 5.41) is 4.08. The highest BCUT2D eigenvalue weighted by atomic mass is 35.5. The minimum Gasteiger partial charge on any atom is -0.368 e. The molecule has 0 aliphatic carbocycles. The molecule has 0 bridgehead atoms. The van der Waals surface area contributed by atoms with Crippen LogP contribution in [0.5, 0.6) is 0 Å².